The highest BCUT2D eigenvalue weighted by Gasteiger charge is 2.15. The number of fused-ring (bicyclic) bond motifs is 2. The van der Waals surface area contributed by atoms with Crippen LogP contribution in [0.4, 0.5) is 0 Å². The number of nitrogens with one attached hydrogen (secondary N) is 4. The van der Waals surface area contributed by atoms with Crippen LogP contribution in [0.25, 0.3) is 21.8 Å². The number of rotatable bonds is 6. The van der Waals surface area contributed by atoms with E-state index >= 15 is 0 Å². The minimum absolute atomic E-state index is 0.0605. The number of aromatic amines is 2. The van der Waals surface area contributed by atoms with Crippen LogP contribution in [0, 0.1) is 6.92 Å². The maximum Gasteiger partial charge on any atom is 0.252 e. The van der Waals surface area contributed by atoms with Gasteiger partial charge in [-0.2, -0.15) is 0 Å². The lowest BCUT2D eigenvalue weighted by Gasteiger charge is -2.07. The smallest absolute Gasteiger partial charge is 0.252 e. The molecule has 0 saturated heterocycles. The zero-order chi connectivity index (χ0) is 29.6. The molecule has 0 aliphatic carbocycles. The molecule has 0 atom stereocenters. The van der Waals surface area contributed by atoms with Gasteiger partial charge in [-0.1, -0.05) is 77.6 Å². The predicted octanol–water partition coefficient (Wildman–Crippen LogP) is 8.32. The summed E-state index contributed by atoms with van der Waals surface area (Å²) in [7, 11) is 3.28. The first-order chi connectivity index (χ1) is 20.4. The maximum absolute atomic E-state index is 12.0. The Kier molecular flexibility index (Phi) is 9.27. The molecule has 2 heterocycles. The highest BCUT2D eigenvalue weighted by molar-refractivity contribution is 8.00. The Morgan fingerprint density at radius 1 is 0.619 bits per heavy atom. The number of hydrogen-bond donors (Lipinski definition) is 4. The second-order valence-electron chi connectivity index (χ2n) is 9.32. The molecule has 4 aromatic carbocycles. The molecule has 9 heteroatoms. The maximum atomic E-state index is 12.0. The molecular formula is C33H29ClN4O2S2. The summed E-state index contributed by atoms with van der Waals surface area (Å²) < 4.78 is 0. The van der Waals surface area contributed by atoms with Gasteiger partial charge in [0.05, 0.1) is 16.1 Å². The Hall–Kier alpha value is -4.11. The minimum Gasteiger partial charge on any atom is -0.360 e. The fourth-order valence-corrected chi connectivity index (χ4v) is 7.17. The van der Waals surface area contributed by atoms with Gasteiger partial charge < -0.3 is 20.6 Å². The first kappa shape index (κ1) is 29.4. The molecule has 0 fully saturated rings. The third-order valence-electron chi connectivity index (χ3n) is 6.65. The van der Waals surface area contributed by atoms with Crippen LogP contribution in [0.3, 0.4) is 0 Å². The van der Waals surface area contributed by atoms with Gasteiger partial charge in [-0.15, -0.1) is 0 Å². The fraction of sp³-hybridized carbons (Fsp3) is 0.0909. The summed E-state index contributed by atoms with van der Waals surface area (Å²) in [6, 6.07) is 27.2. The van der Waals surface area contributed by atoms with E-state index in [0.717, 1.165) is 36.0 Å². The van der Waals surface area contributed by atoms with Gasteiger partial charge in [0.2, 0.25) is 0 Å². The van der Waals surface area contributed by atoms with Gasteiger partial charge in [-0.05, 0) is 55.0 Å². The summed E-state index contributed by atoms with van der Waals surface area (Å²) in [5.74, 6) is -0.154. The van der Waals surface area contributed by atoms with Crippen molar-refractivity contribution in [2.75, 3.05) is 14.1 Å². The van der Waals surface area contributed by atoms with Gasteiger partial charge in [-0.25, -0.2) is 0 Å². The lowest BCUT2D eigenvalue weighted by Crippen LogP contribution is -2.18. The lowest BCUT2D eigenvalue weighted by molar-refractivity contribution is 0.0952. The molecule has 0 unspecified atom stereocenters. The van der Waals surface area contributed by atoms with Gasteiger partial charge in [0, 0.05) is 67.9 Å². The molecule has 4 N–H and O–H groups in total. The van der Waals surface area contributed by atoms with E-state index in [4.69, 9.17) is 11.6 Å². The first-order valence-corrected chi connectivity index (χ1v) is 15.2. The average Bonchev–Trinajstić information content (AvgIpc) is 3.63. The first-order valence-electron chi connectivity index (χ1n) is 13.2. The number of hydrogen-bond acceptors (Lipinski definition) is 4. The van der Waals surface area contributed by atoms with E-state index in [1.54, 1.807) is 25.9 Å². The zero-order valence-corrected chi connectivity index (χ0v) is 25.6. The molecule has 6 rings (SSSR count). The van der Waals surface area contributed by atoms with Crippen LogP contribution in [0.5, 0.6) is 0 Å². The number of H-pyrrole nitrogens is 2. The largest absolute Gasteiger partial charge is 0.360 e. The summed E-state index contributed by atoms with van der Waals surface area (Å²) in [4.78, 5) is 34.4. The summed E-state index contributed by atoms with van der Waals surface area (Å²) in [6.45, 7) is 2.10. The van der Waals surface area contributed by atoms with Crippen molar-refractivity contribution in [2.24, 2.45) is 0 Å². The Bertz CT molecular complexity index is 1760. The highest BCUT2D eigenvalue weighted by Crippen LogP contribution is 2.39. The number of aryl methyl sites for hydroxylation is 1. The summed E-state index contributed by atoms with van der Waals surface area (Å²) in [5.41, 5.74) is 4.70. The molecule has 0 saturated carbocycles. The van der Waals surface area contributed by atoms with Gasteiger partial charge in [0.25, 0.3) is 11.8 Å². The van der Waals surface area contributed by atoms with Gasteiger partial charge in [-0.3, -0.25) is 9.59 Å². The normalized spacial score (nSPS) is 10.8. The van der Waals surface area contributed by atoms with Crippen molar-refractivity contribution in [3.05, 3.63) is 119 Å². The molecule has 0 aliphatic heterocycles. The molecule has 212 valence electrons. The molecule has 0 spiro atoms. The molecule has 0 radical (unpaired) electrons. The number of benzene rings is 4. The number of amides is 2. The van der Waals surface area contributed by atoms with Crippen molar-refractivity contribution < 1.29 is 9.59 Å². The van der Waals surface area contributed by atoms with Crippen molar-refractivity contribution in [1.29, 1.82) is 0 Å². The number of aromatic nitrogens is 2. The van der Waals surface area contributed by atoms with Gasteiger partial charge >= 0.3 is 0 Å². The number of halogens is 1. The molecule has 2 aromatic heterocycles. The molecular weight excluding hydrogens is 584 g/mol. The van der Waals surface area contributed by atoms with E-state index in [0.29, 0.717) is 16.1 Å². The van der Waals surface area contributed by atoms with Crippen molar-refractivity contribution in [3.8, 4) is 0 Å². The molecule has 0 bridgehead atoms. The Labute approximate surface area is 257 Å². The Morgan fingerprint density at radius 3 is 1.64 bits per heavy atom. The van der Waals surface area contributed by atoms with Crippen molar-refractivity contribution in [3.63, 3.8) is 0 Å². The standard InChI is InChI=1S/C17H16N2OS.C16H13ClN2OS/c1-11-6-5-8-13-16(11)15(10-19-13)21-14-9-4-3-7-12(14)17(20)18-2;1-18-16(20)10-5-2-3-8-13(10)21-14-9-19-12-7-4-6-11(17)15(12)14/h3-10,19H,1-2H3,(H,18,20);2-9,19H,1H3,(H,18,20). The third-order valence-corrected chi connectivity index (χ3v) is 9.20. The van der Waals surface area contributed by atoms with Crippen molar-refractivity contribution >= 4 is 68.7 Å². The molecule has 0 aliphatic rings. The quantitative estimate of drug-likeness (QED) is 0.152. The Balaban J connectivity index is 0.000000168. The van der Waals surface area contributed by atoms with Crippen molar-refractivity contribution in [1.82, 2.24) is 20.6 Å². The molecule has 6 aromatic rings. The fourth-order valence-electron chi connectivity index (χ4n) is 4.59. The van der Waals surface area contributed by atoms with Gasteiger partial charge in [0.1, 0.15) is 0 Å². The Morgan fingerprint density at radius 2 is 1.10 bits per heavy atom. The van der Waals surface area contributed by atoms with E-state index < -0.39 is 0 Å². The predicted molar refractivity (Wildman–Crippen MR) is 174 cm³/mol. The summed E-state index contributed by atoms with van der Waals surface area (Å²) >= 11 is 9.43. The number of carbonyl (C=O) groups excluding carboxylic acids is 2. The molecule has 2 amide bonds. The zero-order valence-electron chi connectivity index (χ0n) is 23.2. The van der Waals surface area contributed by atoms with Crippen LogP contribution >= 0.6 is 35.1 Å². The van der Waals surface area contributed by atoms with Crippen LogP contribution in [0.2, 0.25) is 5.02 Å². The van der Waals surface area contributed by atoms with Crippen LogP contribution in [-0.2, 0) is 0 Å². The van der Waals surface area contributed by atoms with E-state index in [2.05, 4.69) is 39.7 Å². The second kappa shape index (κ2) is 13.2. The molecule has 6 nitrogen and oxygen atoms in total. The van der Waals surface area contributed by atoms with E-state index in [1.165, 1.54) is 22.7 Å². The van der Waals surface area contributed by atoms with Crippen LogP contribution in [0.1, 0.15) is 26.3 Å². The van der Waals surface area contributed by atoms with Crippen LogP contribution < -0.4 is 10.6 Å². The number of carbonyl (C=O) groups is 2. The van der Waals surface area contributed by atoms with E-state index in [9.17, 15) is 9.59 Å². The van der Waals surface area contributed by atoms with E-state index in [1.807, 2.05) is 85.2 Å². The average molecular weight is 613 g/mol. The summed E-state index contributed by atoms with van der Waals surface area (Å²) in [6.07, 6.45) is 3.92. The summed E-state index contributed by atoms with van der Waals surface area (Å²) in [5, 5.41) is 8.26. The molecule has 42 heavy (non-hydrogen) atoms. The minimum atomic E-state index is -0.0935. The van der Waals surface area contributed by atoms with Crippen molar-refractivity contribution in [2.45, 2.75) is 26.5 Å². The van der Waals surface area contributed by atoms with Crippen LogP contribution in [0.15, 0.2) is 117 Å². The third kappa shape index (κ3) is 6.21. The monoisotopic (exact) mass is 612 g/mol. The van der Waals surface area contributed by atoms with E-state index in [-0.39, 0.29) is 11.8 Å². The lowest BCUT2D eigenvalue weighted by atomic mass is 10.1. The second-order valence-corrected chi connectivity index (χ2v) is 11.9. The van der Waals surface area contributed by atoms with Crippen LogP contribution in [-0.4, -0.2) is 35.9 Å². The highest BCUT2D eigenvalue weighted by atomic mass is 35.5. The van der Waals surface area contributed by atoms with Gasteiger partial charge in [0.15, 0.2) is 0 Å². The SMILES string of the molecule is CNC(=O)c1ccccc1Sc1c[nH]c2cccc(C)c12.CNC(=O)c1ccccc1Sc1c[nH]c2cccc(Cl)c12. The topological polar surface area (TPSA) is 89.8 Å².